The van der Waals surface area contributed by atoms with Crippen LogP contribution in [-0.4, -0.2) is 30.4 Å². The normalized spacial score (nSPS) is 25.9. The van der Waals surface area contributed by atoms with Gasteiger partial charge in [0, 0.05) is 24.3 Å². The first-order chi connectivity index (χ1) is 8.61. The molecule has 4 heteroatoms. The highest BCUT2D eigenvalue weighted by Crippen LogP contribution is 2.21. The second-order valence-electron chi connectivity index (χ2n) is 5.14. The Morgan fingerprint density at radius 1 is 1.50 bits per heavy atom. The summed E-state index contributed by atoms with van der Waals surface area (Å²) in [4.78, 5) is 0. The molecule has 18 heavy (non-hydrogen) atoms. The third-order valence-corrected chi connectivity index (χ3v) is 3.42. The summed E-state index contributed by atoms with van der Waals surface area (Å²) in [6.45, 7) is 3.84. The van der Waals surface area contributed by atoms with Gasteiger partial charge < -0.3 is 15.2 Å². The molecule has 3 nitrogen and oxygen atoms in total. The van der Waals surface area contributed by atoms with Crippen molar-refractivity contribution in [3.63, 3.8) is 0 Å². The van der Waals surface area contributed by atoms with Gasteiger partial charge in [-0.05, 0) is 25.8 Å². The van der Waals surface area contributed by atoms with Crippen LogP contribution < -0.4 is 5.32 Å². The van der Waals surface area contributed by atoms with E-state index in [1.165, 1.54) is 6.07 Å². The van der Waals surface area contributed by atoms with Crippen molar-refractivity contribution in [2.75, 3.05) is 19.8 Å². The van der Waals surface area contributed by atoms with Crippen LogP contribution in [0.5, 0.6) is 0 Å². The van der Waals surface area contributed by atoms with Crippen LogP contribution >= 0.6 is 0 Å². The molecule has 0 aliphatic carbocycles. The van der Waals surface area contributed by atoms with Crippen LogP contribution in [0, 0.1) is 5.82 Å². The van der Waals surface area contributed by atoms with Crippen molar-refractivity contribution in [1.82, 2.24) is 5.32 Å². The van der Waals surface area contributed by atoms with Crippen LogP contribution in [0.25, 0.3) is 0 Å². The molecule has 1 aromatic carbocycles. The molecule has 0 bridgehead atoms. The van der Waals surface area contributed by atoms with Crippen LogP contribution in [0.2, 0.25) is 0 Å². The number of hydrogen-bond donors (Lipinski definition) is 2. The second kappa shape index (κ2) is 5.78. The molecule has 1 aliphatic heterocycles. The Balaban J connectivity index is 1.92. The number of aliphatic hydroxyl groups excluding tert-OH is 1. The Kier molecular flexibility index (Phi) is 4.32. The highest BCUT2D eigenvalue weighted by molar-refractivity contribution is 5.20. The Morgan fingerprint density at radius 3 is 2.94 bits per heavy atom. The van der Waals surface area contributed by atoms with Crippen molar-refractivity contribution in [2.45, 2.75) is 31.4 Å². The summed E-state index contributed by atoms with van der Waals surface area (Å²) in [5.41, 5.74) is 0.218. The van der Waals surface area contributed by atoms with Crippen molar-refractivity contribution < 1.29 is 14.2 Å². The predicted octanol–water partition coefficient (Wildman–Crippen LogP) is 2.02. The van der Waals surface area contributed by atoms with E-state index in [2.05, 4.69) is 12.2 Å². The molecule has 0 amide bonds. The summed E-state index contributed by atoms with van der Waals surface area (Å²) in [6.07, 6.45) is 1.20. The number of hydrogen-bond acceptors (Lipinski definition) is 3. The van der Waals surface area contributed by atoms with E-state index >= 15 is 0 Å². The van der Waals surface area contributed by atoms with Crippen molar-refractivity contribution >= 4 is 0 Å². The first-order valence-corrected chi connectivity index (χ1v) is 6.36. The van der Waals surface area contributed by atoms with E-state index in [4.69, 9.17) is 4.74 Å². The van der Waals surface area contributed by atoms with Gasteiger partial charge in [-0.3, -0.25) is 0 Å². The zero-order valence-corrected chi connectivity index (χ0v) is 10.7. The van der Waals surface area contributed by atoms with E-state index in [0.717, 1.165) is 19.4 Å². The maximum atomic E-state index is 13.5. The second-order valence-corrected chi connectivity index (χ2v) is 5.14. The first-order valence-electron chi connectivity index (χ1n) is 6.36. The van der Waals surface area contributed by atoms with Gasteiger partial charge >= 0.3 is 0 Å². The van der Waals surface area contributed by atoms with Gasteiger partial charge in [-0.1, -0.05) is 18.2 Å². The third-order valence-electron chi connectivity index (χ3n) is 3.42. The lowest BCUT2D eigenvalue weighted by Crippen LogP contribution is -2.50. The molecule has 2 N–H and O–H groups in total. The number of aliphatic hydroxyl groups is 1. The highest BCUT2D eigenvalue weighted by Gasteiger charge is 2.28. The zero-order valence-electron chi connectivity index (χ0n) is 10.7. The maximum Gasteiger partial charge on any atom is 0.129 e. The molecular formula is C14H20FNO2. The molecule has 1 aromatic rings. The molecule has 100 valence electrons. The van der Waals surface area contributed by atoms with Gasteiger partial charge in [0.05, 0.1) is 12.7 Å². The molecule has 0 aromatic heterocycles. The molecule has 0 spiro atoms. The van der Waals surface area contributed by atoms with Crippen molar-refractivity contribution in [2.24, 2.45) is 0 Å². The predicted molar refractivity (Wildman–Crippen MR) is 67.8 cm³/mol. The Labute approximate surface area is 107 Å². The Hall–Kier alpha value is -0.970. The van der Waals surface area contributed by atoms with Crippen molar-refractivity contribution in [3.8, 4) is 0 Å². The number of benzene rings is 1. The van der Waals surface area contributed by atoms with E-state index in [1.807, 2.05) is 0 Å². The summed E-state index contributed by atoms with van der Waals surface area (Å²) >= 11 is 0. The van der Waals surface area contributed by atoms with Crippen LogP contribution in [-0.2, 0) is 4.74 Å². The smallest absolute Gasteiger partial charge is 0.129 e. The summed E-state index contributed by atoms with van der Waals surface area (Å²) in [7, 11) is 0. The van der Waals surface area contributed by atoms with Crippen LogP contribution in [0.1, 0.15) is 31.4 Å². The number of halogens is 1. The van der Waals surface area contributed by atoms with Crippen LogP contribution in [0.15, 0.2) is 24.3 Å². The number of rotatable bonds is 4. The van der Waals surface area contributed by atoms with Crippen molar-refractivity contribution in [3.05, 3.63) is 35.6 Å². The van der Waals surface area contributed by atoms with Gasteiger partial charge in [-0.25, -0.2) is 4.39 Å². The summed E-state index contributed by atoms with van der Waals surface area (Å²) in [5, 5.41) is 13.3. The van der Waals surface area contributed by atoms with E-state index in [9.17, 15) is 9.50 Å². The molecule has 1 aliphatic rings. The molecule has 1 heterocycles. The van der Waals surface area contributed by atoms with Gasteiger partial charge in [0.2, 0.25) is 0 Å². The molecule has 0 saturated carbocycles. The summed E-state index contributed by atoms with van der Waals surface area (Å²) in [5.74, 6) is -0.364. The third kappa shape index (κ3) is 3.28. The molecular weight excluding hydrogens is 233 g/mol. The molecule has 1 saturated heterocycles. The topological polar surface area (TPSA) is 41.5 Å². The monoisotopic (exact) mass is 253 g/mol. The van der Waals surface area contributed by atoms with E-state index in [1.54, 1.807) is 18.2 Å². The standard InChI is InChI=1S/C14H20FNO2/c1-14(7-4-8-18-10-14)16-9-13(17)11-5-2-3-6-12(11)15/h2-3,5-6,13,16-17H,4,7-10H2,1H3. The Bertz CT molecular complexity index is 391. The molecule has 2 rings (SSSR count). The maximum absolute atomic E-state index is 13.5. The molecule has 2 atom stereocenters. The lowest BCUT2D eigenvalue weighted by molar-refractivity contribution is 0.0219. The van der Waals surface area contributed by atoms with Gasteiger partial charge in [0.1, 0.15) is 5.82 Å². The van der Waals surface area contributed by atoms with Gasteiger partial charge in [0.15, 0.2) is 0 Å². The fourth-order valence-corrected chi connectivity index (χ4v) is 2.27. The van der Waals surface area contributed by atoms with Crippen LogP contribution in [0.4, 0.5) is 4.39 Å². The lowest BCUT2D eigenvalue weighted by Gasteiger charge is -2.35. The van der Waals surface area contributed by atoms with E-state index in [-0.39, 0.29) is 11.4 Å². The van der Waals surface area contributed by atoms with Gasteiger partial charge in [0.25, 0.3) is 0 Å². The summed E-state index contributed by atoms with van der Waals surface area (Å²) < 4.78 is 18.9. The molecule has 2 unspecified atom stereocenters. The minimum atomic E-state index is -0.829. The van der Waals surface area contributed by atoms with Crippen LogP contribution in [0.3, 0.4) is 0 Å². The summed E-state index contributed by atoms with van der Waals surface area (Å²) in [6, 6.07) is 6.33. The number of nitrogens with one attached hydrogen (secondary N) is 1. The minimum Gasteiger partial charge on any atom is -0.387 e. The highest BCUT2D eigenvalue weighted by atomic mass is 19.1. The Morgan fingerprint density at radius 2 is 2.28 bits per heavy atom. The average Bonchev–Trinajstić information content (AvgIpc) is 2.38. The van der Waals surface area contributed by atoms with E-state index in [0.29, 0.717) is 18.7 Å². The number of β-amino-alcohol motifs (C(OH)–C–C–N with tert-alkyl or cyclic N) is 1. The van der Waals surface area contributed by atoms with Gasteiger partial charge in [-0.2, -0.15) is 0 Å². The molecule has 0 radical (unpaired) electrons. The quantitative estimate of drug-likeness (QED) is 0.862. The zero-order chi connectivity index (χ0) is 13.0. The first kappa shape index (κ1) is 13.5. The number of ether oxygens (including phenoxy) is 1. The van der Waals surface area contributed by atoms with Crippen molar-refractivity contribution in [1.29, 1.82) is 0 Å². The largest absolute Gasteiger partial charge is 0.387 e. The minimum absolute atomic E-state index is 0.121. The molecule has 1 fully saturated rings. The average molecular weight is 253 g/mol. The van der Waals surface area contributed by atoms with Gasteiger partial charge in [-0.15, -0.1) is 0 Å². The lowest BCUT2D eigenvalue weighted by atomic mass is 9.94. The fourth-order valence-electron chi connectivity index (χ4n) is 2.27. The fraction of sp³-hybridized carbons (Fsp3) is 0.571. The SMILES string of the molecule is CC1(NCC(O)c2ccccc2F)CCCOC1. The van der Waals surface area contributed by atoms with E-state index < -0.39 is 6.10 Å².